The zero-order valence-corrected chi connectivity index (χ0v) is 11.2. The lowest BCUT2D eigenvalue weighted by Crippen LogP contribution is -2.09. The average Bonchev–Trinajstić information content (AvgIpc) is 2.41. The van der Waals surface area contributed by atoms with Crippen LogP contribution in [0.2, 0.25) is 0 Å². The maximum atomic E-state index is 13.6. The van der Waals surface area contributed by atoms with Gasteiger partial charge in [0.05, 0.1) is 12.7 Å². The number of nitrogens with two attached hydrogens (primary N) is 1. The van der Waals surface area contributed by atoms with Crippen LogP contribution in [0.25, 0.3) is 0 Å². The Bertz CT molecular complexity index is 615. The van der Waals surface area contributed by atoms with Crippen molar-refractivity contribution in [1.29, 1.82) is 0 Å². The largest absolute Gasteiger partial charge is 0.496 e. The molecule has 0 fully saturated rings. The Balaban J connectivity index is 2.43. The van der Waals surface area contributed by atoms with Crippen molar-refractivity contribution in [2.45, 2.75) is 13.0 Å². The van der Waals surface area contributed by atoms with Crippen LogP contribution in [0.5, 0.6) is 17.2 Å². The molecule has 0 spiro atoms. The van der Waals surface area contributed by atoms with Crippen molar-refractivity contribution in [1.82, 2.24) is 0 Å². The fourth-order valence-electron chi connectivity index (χ4n) is 1.92. The van der Waals surface area contributed by atoms with Crippen molar-refractivity contribution in [2.75, 3.05) is 7.11 Å². The molecule has 20 heavy (non-hydrogen) atoms. The topological polar surface area (TPSA) is 44.5 Å². The molecule has 0 aliphatic heterocycles. The van der Waals surface area contributed by atoms with Crippen LogP contribution in [0.1, 0.15) is 18.5 Å². The lowest BCUT2D eigenvalue weighted by Gasteiger charge is -2.17. The van der Waals surface area contributed by atoms with Crippen LogP contribution in [0.3, 0.4) is 0 Å². The summed E-state index contributed by atoms with van der Waals surface area (Å²) < 4.78 is 37.2. The molecule has 0 aliphatic carbocycles. The molecule has 3 nitrogen and oxygen atoms in total. The molecule has 2 rings (SSSR count). The fourth-order valence-corrected chi connectivity index (χ4v) is 1.92. The number of ether oxygens (including phenoxy) is 2. The van der Waals surface area contributed by atoms with Gasteiger partial charge in [-0.3, -0.25) is 0 Å². The van der Waals surface area contributed by atoms with E-state index in [9.17, 15) is 8.78 Å². The zero-order valence-electron chi connectivity index (χ0n) is 11.2. The van der Waals surface area contributed by atoms with Gasteiger partial charge >= 0.3 is 0 Å². The van der Waals surface area contributed by atoms with E-state index in [-0.39, 0.29) is 11.8 Å². The Morgan fingerprint density at radius 2 is 1.75 bits per heavy atom. The standard InChI is InChI=1S/C15H15F2NO2/c1-9(18)15-13(19-2)4-3-5-14(15)20-12-7-6-10(16)8-11(12)17/h3-9H,18H2,1-2H3/t9-/m0/s1. The van der Waals surface area contributed by atoms with Gasteiger partial charge in [-0.25, -0.2) is 8.78 Å². The molecule has 2 aromatic carbocycles. The molecule has 0 aliphatic rings. The summed E-state index contributed by atoms with van der Waals surface area (Å²) in [4.78, 5) is 0. The Morgan fingerprint density at radius 1 is 1.05 bits per heavy atom. The zero-order chi connectivity index (χ0) is 14.7. The van der Waals surface area contributed by atoms with Gasteiger partial charge in [-0.15, -0.1) is 0 Å². The summed E-state index contributed by atoms with van der Waals surface area (Å²) >= 11 is 0. The minimum absolute atomic E-state index is 0.0680. The van der Waals surface area contributed by atoms with E-state index in [1.807, 2.05) is 0 Å². The number of halogens is 2. The summed E-state index contributed by atoms with van der Waals surface area (Å²) in [5, 5.41) is 0. The van der Waals surface area contributed by atoms with Crippen LogP contribution in [0.4, 0.5) is 8.78 Å². The molecule has 0 unspecified atom stereocenters. The summed E-state index contributed by atoms with van der Waals surface area (Å²) in [5.74, 6) is -0.567. The quantitative estimate of drug-likeness (QED) is 0.926. The highest BCUT2D eigenvalue weighted by molar-refractivity contribution is 5.48. The maximum Gasteiger partial charge on any atom is 0.168 e. The van der Waals surface area contributed by atoms with Crippen molar-refractivity contribution < 1.29 is 18.3 Å². The third-order valence-corrected chi connectivity index (χ3v) is 2.82. The number of hydrogen-bond donors (Lipinski definition) is 1. The molecule has 0 bridgehead atoms. The van der Waals surface area contributed by atoms with Crippen molar-refractivity contribution in [3.8, 4) is 17.2 Å². The fraction of sp³-hybridized carbons (Fsp3) is 0.200. The SMILES string of the molecule is COc1cccc(Oc2ccc(F)cc2F)c1[C@H](C)N. The molecule has 2 aromatic rings. The molecule has 0 amide bonds. The normalized spacial score (nSPS) is 12.1. The highest BCUT2D eigenvalue weighted by Crippen LogP contribution is 2.36. The molecule has 0 heterocycles. The van der Waals surface area contributed by atoms with Crippen molar-refractivity contribution in [2.24, 2.45) is 5.73 Å². The van der Waals surface area contributed by atoms with Gasteiger partial charge in [-0.2, -0.15) is 0 Å². The van der Waals surface area contributed by atoms with Gasteiger partial charge in [0.15, 0.2) is 11.6 Å². The predicted octanol–water partition coefficient (Wildman–Crippen LogP) is 3.79. The Labute approximate surface area is 115 Å². The molecular weight excluding hydrogens is 264 g/mol. The highest BCUT2D eigenvalue weighted by Gasteiger charge is 2.16. The highest BCUT2D eigenvalue weighted by atomic mass is 19.1. The van der Waals surface area contributed by atoms with E-state index < -0.39 is 11.6 Å². The first kappa shape index (κ1) is 14.3. The number of hydrogen-bond acceptors (Lipinski definition) is 3. The van der Waals surface area contributed by atoms with Gasteiger partial charge in [0.2, 0.25) is 0 Å². The van der Waals surface area contributed by atoms with Crippen LogP contribution in [0.15, 0.2) is 36.4 Å². The van der Waals surface area contributed by atoms with Crippen molar-refractivity contribution in [3.63, 3.8) is 0 Å². The summed E-state index contributed by atoms with van der Waals surface area (Å²) in [6.07, 6.45) is 0. The van der Waals surface area contributed by atoms with E-state index in [2.05, 4.69) is 0 Å². The minimum Gasteiger partial charge on any atom is -0.496 e. The first-order valence-electron chi connectivity index (χ1n) is 6.08. The average molecular weight is 279 g/mol. The van der Waals surface area contributed by atoms with Crippen LogP contribution in [0, 0.1) is 11.6 Å². The third kappa shape index (κ3) is 2.88. The summed E-state index contributed by atoms with van der Waals surface area (Å²) in [5.41, 5.74) is 6.52. The summed E-state index contributed by atoms with van der Waals surface area (Å²) in [7, 11) is 1.52. The Morgan fingerprint density at radius 3 is 2.35 bits per heavy atom. The smallest absolute Gasteiger partial charge is 0.168 e. The lowest BCUT2D eigenvalue weighted by molar-refractivity contribution is 0.392. The minimum atomic E-state index is -0.775. The molecule has 2 N–H and O–H groups in total. The summed E-state index contributed by atoms with van der Waals surface area (Å²) in [6, 6.07) is 7.88. The van der Waals surface area contributed by atoms with E-state index in [0.717, 1.165) is 12.1 Å². The van der Waals surface area contributed by atoms with Gasteiger partial charge in [0.25, 0.3) is 0 Å². The van der Waals surface area contributed by atoms with Crippen LogP contribution in [-0.2, 0) is 0 Å². The van der Waals surface area contributed by atoms with E-state index in [1.165, 1.54) is 13.2 Å². The van der Waals surface area contributed by atoms with Crippen molar-refractivity contribution in [3.05, 3.63) is 53.6 Å². The van der Waals surface area contributed by atoms with Crippen LogP contribution in [-0.4, -0.2) is 7.11 Å². The Hall–Kier alpha value is -2.14. The second-order valence-electron chi connectivity index (χ2n) is 4.34. The van der Waals surface area contributed by atoms with E-state index in [4.69, 9.17) is 15.2 Å². The van der Waals surface area contributed by atoms with Gasteiger partial charge in [0.1, 0.15) is 17.3 Å². The molecule has 0 saturated carbocycles. The number of benzene rings is 2. The van der Waals surface area contributed by atoms with Gasteiger partial charge in [-0.1, -0.05) is 6.07 Å². The number of methoxy groups -OCH3 is 1. The molecule has 106 valence electrons. The first-order chi connectivity index (χ1) is 9.52. The summed E-state index contributed by atoms with van der Waals surface area (Å²) in [6.45, 7) is 1.77. The van der Waals surface area contributed by atoms with E-state index >= 15 is 0 Å². The second kappa shape index (κ2) is 5.88. The van der Waals surface area contributed by atoms with Gasteiger partial charge < -0.3 is 15.2 Å². The van der Waals surface area contributed by atoms with E-state index in [0.29, 0.717) is 17.1 Å². The molecule has 5 heteroatoms. The molecule has 1 atom stereocenters. The molecule has 0 radical (unpaired) electrons. The molecule has 0 aromatic heterocycles. The van der Waals surface area contributed by atoms with Crippen LogP contribution < -0.4 is 15.2 Å². The van der Waals surface area contributed by atoms with Gasteiger partial charge in [-0.05, 0) is 31.2 Å². The molecular formula is C15H15F2NO2. The third-order valence-electron chi connectivity index (χ3n) is 2.82. The second-order valence-corrected chi connectivity index (χ2v) is 4.34. The monoisotopic (exact) mass is 279 g/mol. The predicted molar refractivity (Wildman–Crippen MR) is 72.0 cm³/mol. The van der Waals surface area contributed by atoms with Crippen molar-refractivity contribution >= 4 is 0 Å². The lowest BCUT2D eigenvalue weighted by atomic mass is 10.1. The number of rotatable bonds is 4. The Kier molecular flexibility index (Phi) is 4.20. The van der Waals surface area contributed by atoms with Crippen LogP contribution >= 0.6 is 0 Å². The first-order valence-corrected chi connectivity index (χ1v) is 6.08. The maximum absolute atomic E-state index is 13.6. The van der Waals surface area contributed by atoms with Gasteiger partial charge in [0, 0.05) is 12.1 Å². The molecule has 0 saturated heterocycles. The van der Waals surface area contributed by atoms with E-state index in [1.54, 1.807) is 25.1 Å².